The van der Waals surface area contributed by atoms with E-state index in [0.29, 0.717) is 0 Å². The van der Waals surface area contributed by atoms with E-state index < -0.39 is 0 Å². The van der Waals surface area contributed by atoms with Gasteiger partial charge < -0.3 is 0 Å². The summed E-state index contributed by atoms with van der Waals surface area (Å²) in [5, 5.41) is 0. The van der Waals surface area contributed by atoms with Crippen LogP contribution in [0.15, 0.2) is 18.5 Å². The van der Waals surface area contributed by atoms with Crippen LogP contribution in [0.5, 0.6) is 0 Å². The quantitative estimate of drug-likeness (QED) is 0.636. The molecule has 1 nitrogen and oxygen atoms in total. The number of aromatic nitrogens is 1. The van der Waals surface area contributed by atoms with Gasteiger partial charge in [-0.25, -0.2) is 4.39 Å². The summed E-state index contributed by atoms with van der Waals surface area (Å²) in [4.78, 5) is 3.69. The first-order valence-corrected chi connectivity index (χ1v) is 3.85. The van der Waals surface area contributed by atoms with Gasteiger partial charge in [-0.15, -0.1) is 0 Å². The van der Waals surface area contributed by atoms with Crippen LogP contribution in [0.25, 0.3) is 0 Å². The van der Waals surface area contributed by atoms with Crippen molar-refractivity contribution in [3.8, 4) is 0 Å². The van der Waals surface area contributed by atoms with E-state index >= 15 is 0 Å². The predicted octanol–water partition coefficient (Wildman–Crippen LogP) is 2.73. The van der Waals surface area contributed by atoms with Crippen molar-refractivity contribution in [3.05, 3.63) is 29.8 Å². The molecule has 60 valence electrons. The van der Waals surface area contributed by atoms with Gasteiger partial charge in [0.25, 0.3) is 0 Å². The molecule has 1 aromatic rings. The van der Waals surface area contributed by atoms with Gasteiger partial charge in [0, 0.05) is 6.20 Å². The predicted molar refractivity (Wildman–Crippen MR) is 42.9 cm³/mol. The zero-order valence-corrected chi connectivity index (χ0v) is 6.84. The molecule has 1 heterocycles. The van der Waals surface area contributed by atoms with Gasteiger partial charge in [-0.1, -0.05) is 13.8 Å². The van der Waals surface area contributed by atoms with Crippen molar-refractivity contribution in [3.63, 3.8) is 0 Å². The Kier molecular flexibility index (Phi) is 2.58. The van der Waals surface area contributed by atoms with Crippen LogP contribution in [0, 0.1) is 5.82 Å². The Balaban J connectivity index is 2.93. The molecule has 0 bridgehead atoms. The SMILES string of the molecule is CCC(C)c1ccncc1F. The molecule has 0 spiro atoms. The standard InChI is InChI=1S/C9H12FN/c1-3-7(2)8-4-5-11-6-9(8)10/h4-7H,3H2,1-2H3. The molecule has 0 aromatic carbocycles. The summed E-state index contributed by atoms with van der Waals surface area (Å²) in [6.45, 7) is 4.06. The van der Waals surface area contributed by atoms with E-state index in [1.165, 1.54) is 6.20 Å². The molecule has 1 unspecified atom stereocenters. The molecule has 1 aromatic heterocycles. The van der Waals surface area contributed by atoms with Gasteiger partial charge in [0.15, 0.2) is 0 Å². The third kappa shape index (κ3) is 1.76. The van der Waals surface area contributed by atoms with Crippen LogP contribution >= 0.6 is 0 Å². The fraction of sp³-hybridized carbons (Fsp3) is 0.444. The molecule has 1 rings (SSSR count). The average molecular weight is 153 g/mol. The largest absolute Gasteiger partial charge is 0.262 e. The lowest BCUT2D eigenvalue weighted by Gasteiger charge is -2.08. The molecule has 0 N–H and O–H groups in total. The number of rotatable bonds is 2. The maximum atomic E-state index is 13.0. The van der Waals surface area contributed by atoms with Crippen LogP contribution in [-0.2, 0) is 0 Å². The lowest BCUT2D eigenvalue weighted by molar-refractivity contribution is 0.578. The van der Waals surface area contributed by atoms with Gasteiger partial charge in [0.1, 0.15) is 5.82 Å². The minimum Gasteiger partial charge on any atom is -0.262 e. The lowest BCUT2D eigenvalue weighted by atomic mass is 10.00. The minimum atomic E-state index is -0.193. The van der Waals surface area contributed by atoms with Crippen LogP contribution in [-0.4, -0.2) is 4.98 Å². The summed E-state index contributed by atoms with van der Waals surface area (Å²) in [6, 6.07) is 1.74. The molecule has 0 saturated heterocycles. The van der Waals surface area contributed by atoms with E-state index in [0.717, 1.165) is 12.0 Å². The van der Waals surface area contributed by atoms with Crippen molar-refractivity contribution in [2.45, 2.75) is 26.2 Å². The number of hydrogen-bond acceptors (Lipinski definition) is 1. The van der Waals surface area contributed by atoms with Crippen molar-refractivity contribution < 1.29 is 4.39 Å². The maximum Gasteiger partial charge on any atom is 0.144 e. The van der Waals surface area contributed by atoms with Crippen LogP contribution in [0.4, 0.5) is 4.39 Å². The van der Waals surface area contributed by atoms with Gasteiger partial charge in [0.05, 0.1) is 6.20 Å². The Labute approximate surface area is 66.3 Å². The van der Waals surface area contributed by atoms with Gasteiger partial charge in [-0.3, -0.25) is 4.98 Å². The average Bonchev–Trinajstić information content (AvgIpc) is 2.04. The van der Waals surface area contributed by atoms with Crippen LogP contribution in [0.1, 0.15) is 31.7 Å². The molecular weight excluding hydrogens is 141 g/mol. The zero-order valence-electron chi connectivity index (χ0n) is 6.84. The molecule has 11 heavy (non-hydrogen) atoms. The van der Waals surface area contributed by atoms with E-state index in [2.05, 4.69) is 4.98 Å². The van der Waals surface area contributed by atoms with Crippen molar-refractivity contribution in [1.29, 1.82) is 0 Å². The first kappa shape index (κ1) is 8.18. The maximum absolute atomic E-state index is 13.0. The lowest BCUT2D eigenvalue weighted by Crippen LogP contribution is -1.95. The summed E-state index contributed by atoms with van der Waals surface area (Å²) in [6.07, 6.45) is 3.85. The van der Waals surface area contributed by atoms with Crippen LogP contribution in [0.3, 0.4) is 0 Å². The minimum absolute atomic E-state index is 0.193. The summed E-state index contributed by atoms with van der Waals surface area (Å²) in [5.41, 5.74) is 0.766. The Hall–Kier alpha value is -0.920. The topological polar surface area (TPSA) is 12.9 Å². The number of hydrogen-bond donors (Lipinski definition) is 0. The Bertz CT molecular complexity index is 235. The zero-order chi connectivity index (χ0) is 8.27. The molecule has 0 aliphatic heterocycles. The molecular formula is C9H12FN. The first-order valence-electron chi connectivity index (χ1n) is 3.85. The monoisotopic (exact) mass is 153 g/mol. The van der Waals surface area contributed by atoms with Gasteiger partial charge in [-0.2, -0.15) is 0 Å². The molecule has 1 atom stereocenters. The number of pyridine rings is 1. The molecule has 0 amide bonds. The van der Waals surface area contributed by atoms with Crippen molar-refractivity contribution in [1.82, 2.24) is 4.98 Å². The highest BCUT2D eigenvalue weighted by atomic mass is 19.1. The van der Waals surface area contributed by atoms with E-state index in [1.54, 1.807) is 12.3 Å². The Morgan fingerprint density at radius 1 is 1.64 bits per heavy atom. The van der Waals surface area contributed by atoms with Gasteiger partial charge in [-0.05, 0) is 24.0 Å². The Morgan fingerprint density at radius 3 is 2.91 bits per heavy atom. The fourth-order valence-corrected chi connectivity index (χ4v) is 1.01. The first-order chi connectivity index (χ1) is 5.25. The highest BCUT2D eigenvalue weighted by molar-refractivity contribution is 5.16. The van der Waals surface area contributed by atoms with Crippen LogP contribution < -0.4 is 0 Å². The smallest absolute Gasteiger partial charge is 0.144 e. The fourth-order valence-electron chi connectivity index (χ4n) is 1.01. The van der Waals surface area contributed by atoms with Crippen LogP contribution in [0.2, 0.25) is 0 Å². The van der Waals surface area contributed by atoms with E-state index in [4.69, 9.17) is 0 Å². The molecule has 0 aliphatic rings. The summed E-state index contributed by atoms with van der Waals surface area (Å²) < 4.78 is 13.0. The molecule has 2 heteroatoms. The molecule has 0 saturated carbocycles. The Morgan fingerprint density at radius 2 is 2.36 bits per heavy atom. The molecule has 0 fully saturated rings. The van der Waals surface area contributed by atoms with Gasteiger partial charge in [0.2, 0.25) is 0 Å². The number of nitrogens with zero attached hydrogens (tertiary/aromatic N) is 1. The molecule has 0 radical (unpaired) electrons. The second kappa shape index (κ2) is 3.46. The summed E-state index contributed by atoms with van der Waals surface area (Å²) in [5.74, 6) is 0.0971. The number of halogens is 1. The third-order valence-corrected chi connectivity index (χ3v) is 1.95. The highest BCUT2D eigenvalue weighted by Gasteiger charge is 2.07. The third-order valence-electron chi connectivity index (χ3n) is 1.95. The molecule has 0 aliphatic carbocycles. The van der Waals surface area contributed by atoms with E-state index in [1.807, 2.05) is 13.8 Å². The highest BCUT2D eigenvalue weighted by Crippen LogP contribution is 2.19. The second-order valence-corrected chi connectivity index (χ2v) is 2.71. The van der Waals surface area contributed by atoms with Crippen molar-refractivity contribution in [2.75, 3.05) is 0 Å². The normalized spacial score (nSPS) is 13.0. The summed E-state index contributed by atoms with van der Waals surface area (Å²) >= 11 is 0. The van der Waals surface area contributed by atoms with E-state index in [9.17, 15) is 4.39 Å². The van der Waals surface area contributed by atoms with Crippen molar-refractivity contribution in [2.24, 2.45) is 0 Å². The van der Waals surface area contributed by atoms with Gasteiger partial charge >= 0.3 is 0 Å². The second-order valence-electron chi connectivity index (χ2n) is 2.71. The van der Waals surface area contributed by atoms with E-state index in [-0.39, 0.29) is 11.7 Å². The van der Waals surface area contributed by atoms with Crippen molar-refractivity contribution >= 4 is 0 Å². The summed E-state index contributed by atoms with van der Waals surface area (Å²) in [7, 11) is 0.